The van der Waals surface area contributed by atoms with Gasteiger partial charge in [-0.2, -0.15) is 0 Å². The summed E-state index contributed by atoms with van der Waals surface area (Å²) in [6.45, 7) is 3.26. The largest absolute Gasteiger partial charge is 0.494 e. The van der Waals surface area contributed by atoms with Crippen molar-refractivity contribution >= 4 is 45.5 Å². The van der Waals surface area contributed by atoms with E-state index in [0.29, 0.717) is 40.0 Å². The van der Waals surface area contributed by atoms with Crippen LogP contribution in [0.2, 0.25) is 5.15 Å². The number of piperidine rings is 1. The Morgan fingerprint density at radius 3 is 2.80 bits per heavy atom. The van der Waals surface area contributed by atoms with Crippen LogP contribution in [0.15, 0.2) is 42.6 Å². The molecule has 0 spiro atoms. The maximum Gasteiger partial charge on any atom is 0.254 e. The summed E-state index contributed by atoms with van der Waals surface area (Å²) in [7, 11) is 3.62. The molecule has 2 aliphatic heterocycles. The Hall–Kier alpha value is -4.48. The van der Waals surface area contributed by atoms with Crippen LogP contribution in [-0.2, 0) is 20.0 Å². The van der Waals surface area contributed by atoms with Crippen LogP contribution in [0.3, 0.4) is 0 Å². The standard InChI is InChI=1S/C37H41ClN8O3/c1-20-28-11-9-23-15-30(45(34(23)42-28)12-6-4-5-7-21-17-32(38)40-18-26(21)36(47)41-20)35-43-29-14-24(16-31(49-3)33(29)44(35)2)37(48)46-19-27(39)22-8-10-25(46)13-22/h9,11,14-18,20,22,25,27H,4-8,10,12-13,19,39H2,1-3H3,(H,41,47)/t20-,22-,25+,27+/m1/s1. The number of carbonyl (C=O) groups excluding carboxylic acids is 2. The van der Waals surface area contributed by atoms with Gasteiger partial charge in [0.25, 0.3) is 11.8 Å². The second kappa shape index (κ2) is 12.4. The van der Waals surface area contributed by atoms with Crippen molar-refractivity contribution in [1.82, 2.24) is 34.3 Å². The number of rotatable bonds is 3. The summed E-state index contributed by atoms with van der Waals surface area (Å²) in [6, 6.07) is 11.6. The van der Waals surface area contributed by atoms with E-state index >= 15 is 0 Å². The lowest BCUT2D eigenvalue weighted by atomic mass is 9.94. The Balaban J connectivity index is 1.18. The third kappa shape index (κ3) is 5.53. The van der Waals surface area contributed by atoms with Gasteiger partial charge in [0.2, 0.25) is 0 Å². The third-order valence-corrected chi connectivity index (χ3v) is 11.1. The second-order valence-corrected chi connectivity index (χ2v) is 14.3. The number of fused-ring (bicyclic) bond motifs is 5. The quantitative estimate of drug-likeness (QED) is 0.230. The molecular formula is C37H41ClN8O3. The number of imidazole rings is 1. The average molecular weight is 681 g/mol. The highest BCUT2D eigenvalue weighted by Crippen LogP contribution is 2.39. The van der Waals surface area contributed by atoms with Crippen molar-refractivity contribution in [3.63, 3.8) is 0 Å². The molecule has 5 aromatic rings. The minimum atomic E-state index is -0.337. The number of nitrogens with zero attached hydrogens (tertiary/aromatic N) is 6. The van der Waals surface area contributed by atoms with Crippen LogP contribution < -0.4 is 15.8 Å². The maximum absolute atomic E-state index is 13.9. The molecule has 4 atom stereocenters. The maximum atomic E-state index is 13.9. The average Bonchev–Trinajstić information content (AvgIpc) is 3.78. The molecule has 2 fully saturated rings. The number of ether oxygens (including phenoxy) is 1. The van der Waals surface area contributed by atoms with Crippen LogP contribution >= 0.6 is 11.6 Å². The van der Waals surface area contributed by atoms with Crippen LogP contribution in [0.1, 0.15) is 83.5 Å². The van der Waals surface area contributed by atoms with Gasteiger partial charge in [-0.1, -0.05) is 18.0 Å². The van der Waals surface area contributed by atoms with Gasteiger partial charge < -0.3 is 29.8 Å². The van der Waals surface area contributed by atoms with Crippen LogP contribution in [0, 0.1) is 5.92 Å². The molecule has 4 aromatic heterocycles. The fourth-order valence-corrected chi connectivity index (χ4v) is 8.39. The lowest BCUT2D eigenvalue weighted by Gasteiger charge is -2.37. The molecule has 3 N–H and O–H groups in total. The molecule has 2 amide bonds. The molecule has 49 heavy (non-hydrogen) atoms. The lowest BCUT2D eigenvalue weighted by Crippen LogP contribution is -2.51. The molecule has 4 bridgehead atoms. The molecule has 0 radical (unpaired) electrons. The second-order valence-electron chi connectivity index (χ2n) is 13.9. The minimum Gasteiger partial charge on any atom is -0.494 e. The third-order valence-electron chi connectivity index (χ3n) is 10.9. The number of hydrogen-bond acceptors (Lipinski definition) is 7. The number of aromatic nitrogens is 5. The van der Waals surface area contributed by atoms with Gasteiger partial charge in [-0.3, -0.25) is 9.59 Å². The monoisotopic (exact) mass is 680 g/mol. The number of likely N-dealkylation sites (tertiary alicyclic amines) is 1. The lowest BCUT2D eigenvalue weighted by molar-refractivity contribution is 0.0603. The number of nitrogens with two attached hydrogens (primary N) is 1. The number of hydrogen-bond donors (Lipinski definition) is 2. The van der Waals surface area contributed by atoms with E-state index in [4.69, 9.17) is 32.0 Å². The minimum absolute atomic E-state index is 0.0134. The van der Waals surface area contributed by atoms with Gasteiger partial charge in [-0.05, 0) is 93.3 Å². The van der Waals surface area contributed by atoms with Crippen molar-refractivity contribution in [1.29, 1.82) is 0 Å². The first-order valence-electron chi connectivity index (χ1n) is 17.3. The number of pyridine rings is 2. The molecule has 254 valence electrons. The van der Waals surface area contributed by atoms with Crippen LogP contribution in [0.4, 0.5) is 0 Å². The Kier molecular flexibility index (Phi) is 8.07. The van der Waals surface area contributed by atoms with E-state index in [9.17, 15) is 9.59 Å². The number of halogens is 1. The molecule has 0 unspecified atom stereocenters. The van der Waals surface area contributed by atoms with Crippen molar-refractivity contribution in [2.75, 3.05) is 13.7 Å². The molecule has 1 aromatic carbocycles. The molecule has 12 heteroatoms. The molecule has 1 saturated carbocycles. The SMILES string of the molecule is COc1cc(C(=O)N2C[C@H](N)[C@@H]3CC[C@H]2C3)cc2nc(-c3cc4ccc5nc4n3CCCCCc3cc(Cl)ncc3C(=O)N[C@@H]5C)n(C)c12. The Morgan fingerprint density at radius 1 is 1.10 bits per heavy atom. The summed E-state index contributed by atoms with van der Waals surface area (Å²) in [4.78, 5) is 43.7. The summed E-state index contributed by atoms with van der Waals surface area (Å²) < 4.78 is 10.2. The van der Waals surface area contributed by atoms with E-state index in [1.165, 1.54) is 0 Å². The molecule has 1 saturated heterocycles. The topological polar surface area (TPSA) is 133 Å². The Bertz CT molecular complexity index is 2120. The number of amides is 2. The van der Waals surface area contributed by atoms with E-state index in [-0.39, 0.29) is 29.9 Å². The first kappa shape index (κ1) is 31.8. The molecule has 6 heterocycles. The smallest absolute Gasteiger partial charge is 0.254 e. The highest BCUT2D eigenvalue weighted by Gasteiger charge is 2.41. The summed E-state index contributed by atoms with van der Waals surface area (Å²) in [5.41, 5.74) is 12.5. The zero-order valence-electron chi connectivity index (χ0n) is 28.1. The van der Waals surface area contributed by atoms with Crippen LogP contribution in [-0.4, -0.2) is 66.5 Å². The normalized spacial score (nSPS) is 22.7. The zero-order valence-corrected chi connectivity index (χ0v) is 28.8. The molecule has 1 aliphatic carbocycles. The van der Waals surface area contributed by atoms with Gasteiger partial charge in [0.1, 0.15) is 22.1 Å². The van der Waals surface area contributed by atoms with Gasteiger partial charge in [-0.25, -0.2) is 15.0 Å². The zero-order chi connectivity index (χ0) is 34.0. The van der Waals surface area contributed by atoms with Gasteiger partial charge in [-0.15, -0.1) is 0 Å². The van der Waals surface area contributed by atoms with E-state index in [1.807, 2.05) is 41.6 Å². The Morgan fingerprint density at radius 2 is 1.96 bits per heavy atom. The first-order chi connectivity index (χ1) is 23.7. The van der Waals surface area contributed by atoms with Gasteiger partial charge >= 0.3 is 0 Å². The fourth-order valence-electron chi connectivity index (χ4n) is 8.21. The summed E-state index contributed by atoms with van der Waals surface area (Å²) in [6.07, 6.45) is 8.11. The number of methoxy groups -OCH3 is 1. The van der Waals surface area contributed by atoms with Gasteiger partial charge in [0, 0.05) is 49.4 Å². The highest BCUT2D eigenvalue weighted by atomic mass is 35.5. The number of benzene rings is 1. The molecule has 8 rings (SSSR count). The predicted molar refractivity (Wildman–Crippen MR) is 189 cm³/mol. The predicted octanol–water partition coefficient (Wildman–Crippen LogP) is 5.82. The van der Waals surface area contributed by atoms with Crippen molar-refractivity contribution in [2.24, 2.45) is 18.7 Å². The van der Waals surface area contributed by atoms with E-state index in [0.717, 1.165) is 90.8 Å². The first-order valence-corrected chi connectivity index (χ1v) is 17.6. The highest BCUT2D eigenvalue weighted by molar-refractivity contribution is 6.29. The van der Waals surface area contributed by atoms with Crippen LogP contribution in [0.5, 0.6) is 5.75 Å². The van der Waals surface area contributed by atoms with Crippen molar-refractivity contribution in [2.45, 2.75) is 76.5 Å². The van der Waals surface area contributed by atoms with E-state index < -0.39 is 0 Å². The summed E-state index contributed by atoms with van der Waals surface area (Å²) in [5.74, 6) is 1.66. The number of nitrogens with one attached hydrogen (secondary N) is 1. The fraction of sp³-hybridized carbons (Fsp3) is 0.432. The van der Waals surface area contributed by atoms with Crippen molar-refractivity contribution in [3.8, 4) is 17.3 Å². The van der Waals surface area contributed by atoms with Crippen LogP contribution in [0.25, 0.3) is 33.6 Å². The van der Waals surface area contributed by atoms with Gasteiger partial charge in [0.05, 0.1) is 35.6 Å². The summed E-state index contributed by atoms with van der Waals surface area (Å²) >= 11 is 6.22. The molecular weight excluding hydrogens is 640 g/mol. The Labute approximate surface area is 289 Å². The molecule has 3 aliphatic rings. The van der Waals surface area contributed by atoms with E-state index in [2.05, 4.69) is 27.0 Å². The van der Waals surface area contributed by atoms with Gasteiger partial charge in [0.15, 0.2) is 5.82 Å². The summed E-state index contributed by atoms with van der Waals surface area (Å²) in [5, 5.41) is 4.48. The number of aryl methyl sites for hydroxylation is 3. The number of carbonyl (C=O) groups is 2. The van der Waals surface area contributed by atoms with Crippen molar-refractivity contribution < 1.29 is 14.3 Å². The van der Waals surface area contributed by atoms with E-state index in [1.54, 1.807) is 19.4 Å². The van der Waals surface area contributed by atoms with Crippen molar-refractivity contribution in [3.05, 3.63) is 70.1 Å². The molecule has 11 nitrogen and oxygen atoms in total.